The number of nitrogens with zero attached hydrogens (tertiary/aromatic N) is 3. The highest BCUT2D eigenvalue weighted by Gasteiger charge is 2.44. The summed E-state index contributed by atoms with van der Waals surface area (Å²) < 4.78 is 30.1. The molecule has 2 aliphatic heterocycles. The van der Waals surface area contributed by atoms with Crippen LogP contribution >= 0.6 is 0 Å². The van der Waals surface area contributed by atoms with Gasteiger partial charge < -0.3 is 18.9 Å². The zero-order valence-corrected chi connectivity index (χ0v) is 13.9. The van der Waals surface area contributed by atoms with Crippen molar-refractivity contribution >= 4 is 5.91 Å². The number of fused-ring (bicyclic) bond motifs is 1. The van der Waals surface area contributed by atoms with E-state index in [0.717, 1.165) is 0 Å². The third kappa shape index (κ3) is 2.76. The van der Waals surface area contributed by atoms with Gasteiger partial charge in [-0.05, 0) is 13.0 Å². The zero-order chi connectivity index (χ0) is 17.6. The molecule has 4 rings (SSSR count). The van der Waals surface area contributed by atoms with Gasteiger partial charge in [0, 0.05) is 32.1 Å². The molecule has 1 saturated heterocycles. The van der Waals surface area contributed by atoms with Crippen molar-refractivity contribution in [2.45, 2.75) is 38.0 Å². The summed E-state index contributed by atoms with van der Waals surface area (Å²) in [5.74, 6) is 0.375. The molecule has 2 aromatic rings. The number of ether oxygens (including phenoxy) is 2. The van der Waals surface area contributed by atoms with E-state index in [1.807, 2.05) is 0 Å². The van der Waals surface area contributed by atoms with E-state index in [-0.39, 0.29) is 23.8 Å². The molecule has 0 saturated carbocycles. The average Bonchev–Trinajstić information content (AvgIpc) is 3.31. The van der Waals surface area contributed by atoms with E-state index < -0.39 is 11.9 Å². The molecule has 0 radical (unpaired) electrons. The van der Waals surface area contributed by atoms with Gasteiger partial charge in [-0.15, -0.1) is 0 Å². The number of para-hydroxylation sites is 1. The largest absolute Gasteiger partial charge is 0.477 e. The number of rotatable bonds is 3. The molecule has 0 aliphatic carbocycles. The summed E-state index contributed by atoms with van der Waals surface area (Å²) in [6, 6.07) is 4.35. The van der Waals surface area contributed by atoms with Crippen LogP contribution in [0.15, 0.2) is 22.7 Å². The quantitative estimate of drug-likeness (QED) is 0.843. The van der Waals surface area contributed by atoms with Crippen LogP contribution in [0.1, 0.15) is 29.7 Å². The average molecular weight is 347 g/mol. The second kappa shape index (κ2) is 6.11. The second-order valence-electron chi connectivity index (χ2n) is 6.32. The minimum atomic E-state index is -0.756. The monoisotopic (exact) mass is 347 g/mol. The summed E-state index contributed by atoms with van der Waals surface area (Å²) in [4.78, 5) is 18.9. The summed E-state index contributed by atoms with van der Waals surface area (Å²) in [6.45, 7) is 2.13. The molecule has 1 aromatic heterocycles. The zero-order valence-electron chi connectivity index (χ0n) is 13.9. The van der Waals surface area contributed by atoms with Gasteiger partial charge in [0.2, 0.25) is 5.89 Å². The van der Waals surface area contributed by atoms with E-state index in [1.54, 1.807) is 31.1 Å². The summed E-state index contributed by atoms with van der Waals surface area (Å²) in [6.07, 6.45) is 0.0313. The Balaban J connectivity index is 1.57. The van der Waals surface area contributed by atoms with Crippen molar-refractivity contribution in [1.82, 2.24) is 15.0 Å². The van der Waals surface area contributed by atoms with Crippen LogP contribution < -0.4 is 4.74 Å². The molecule has 25 heavy (non-hydrogen) atoms. The number of hydrogen-bond donors (Lipinski definition) is 0. The van der Waals surface area contributed by atoms with Crippen LogP contribution in [-0.4, -0.2) is 46.8 Å². The Morgan fingerprint density at radius 1 is 1.44 bits per heavy atom. The number of carbonyl (C=O) groups is 1. The van der Waals surface area contributed by atoms with E-state index in [2.05, 4.69) is 10.1 Å². The van der Waals surface area contributed by atoms with Gasteiger partial charge in [0.15, 0.2) is 23.5 Å². The number of aromatic nitrogens is 2. The summed E-state index contributed by atoms with van der Waals surface area (Å²) in [5, 5.41) is 3.80. The number of likely N-dealkylation sites (tertiary alicyclic amines) is 1. The number of hydrogen-bond acceptors (Lipinski definition) is 6. The molecule has 0 unspecified atom stereocenters. The van der Waals surface area contributed by atoms with Crippen LogP contribution in [-0.2, 0) is 16.0 Å². The molecular formula is C17H18FN3O4. The first-order valence-corrected chi connectivity index (χ1v) is 8.14. The number of carbonyl (C=O) groups excluding carboxylic acids is 1. The van der Waals surface area contributed by atoms with E-state index in [0.29, 0.717) is 36.7 Å². The number of benzene rings is 1. The molecular weight excluding hydrogens is 329 g/mol. The van der Waals surface area contributed by atoms with Crippen LogP contribution in [0.3, 0.4) is 0 Å². The predicted octanol–water partition coefficient (Wildman–Crippen LogP) is 1.81. The van der Waals surface area contributed by atoms with Crippen molar-refractivity contribution in [1.29, 1.82) is 0 Å². The van der Waals surface area contributed by atoms with Gasteiger partial charge in [-0.3, -0.25) is 4.79 Å². The predicted molar refractivity (Wildman–Crippen MR) is 83.4 cm³/mol. The maximum Gasteiger partial charge on any atom is 0.264 e. The van der Waals surface area contributed by atoms with Crippen molar-refractivity contribution in [3.05, 3.63) is 41.3 Å². The molecule has 0 bridgehead atoms. The fraction of sp³-hybridized carbons (Fsp3) is 0.471. The molecule has 3 heterocycles. The minimum Gasteiger partial charge on any atom is -0.477 e. The molecule has 1 fully saturated rings. The molecule has 1 amide bonds. The lowest BCUT2D eigenvalue weighted by Crippen LogP contribution is -2.41. The van der Waals surface area contributed by atoms with Gasteiger partial charge in [-0.1, -0.05) is 17.3 Å². The van der Waals surface area contributed by atoms with Gasteiger partial charge in [-0.2, -0.15) is 4.98 Å². The van der Waals surface area contributed by atoms with Crippen LogP contribution in [0.25, 0.3) is 0 Å². The molecule has 3 atom stereocenters. The smallest absolute Gasteiger partial charge is 0.264 e. The van der Waals surface area contributed by atoms with E-state index in [9.17, 15) is 9.18 Å². The van der Waals surface area contributed by atoms with E-state index in [4.69, 9.17) is 14.0 Å². The molecule has 132 valence electrons. The Hall–Kier alpha value is -2.48. The van der Waals surface area contributed by atoms with Crippen LogP contribution in [0.2, 0.25) is 0 Å². The van der Waals surface area contributed by atoms with Crippen LogP contribution in [0.4, 0.5) is 4.39 Å². The molecule has 8 heteroatoms. The molecule has 7 nitrogen and oxygen atoms in total. The maximum atomic E-state index is 13.9. The first-order valence-electron chi connectivity index (χ1n) is 8.14. The summed E-state index contributed by atoms with van der Waals surface area (Å²) >= 11 is 0. The lowest BCUT2D eigenvalue weighted by atomic mass is 10.1. The normalized spacial score (nSPS) is 25.1. The summed E-state index contributed by atoms with van der Waals surface area (Å²) in [5.41, 5.74) is 0.700. The Kier molecular flexibility index (Phi) is 3.91. The highest BCUT2D eigenvalue weighted by atomic mass is 19.1. The van der Waals surface area contributed by atoms with Gasteiger partial charge in [0.1, 0.15) is 6.04 Å². The van der Waals surface area contributed by atoms with Gasteiger partial charge in [0.05, 0.1) is 6.10 Å². The SMILES string of the molecule is CO[C@H]1C[C@H](c2nc(C)no2)N(C(=O)[C@@H]2Cc3cccc(F)c3O2)C1. The van der Waals surface area contributed by atoms with Crippen molar-refractivity contribution in [2.75, 3.05) is 13.7 Å². The minimum absolute atomic E-state index is 0.123. The van der Waals surface area contributed by atoms with Crippen LogP contribution in [0, 0.1) is 12.7 Å². The Morgan fingerprint density at radius 2 is 2.28 bits per heavy atom. The highest BCUT2D eigenvalue weighted by molar-refractivity contribution is 5.83. The topological polar surface area (TPSA) is 77.7 Å². The lowest BCUT2D eigenvalue weighted by molar-refractivity contribution is -0.139. The number of aryl methyl sites for hydroxylation is 1. The van der Waals surface area contributed by atoms with E-state index in [1.165, 1.54) is 6.07 Å². The molecule has 1 aromatic carbocycles. The standard InChI is InChI=1S/C17H18FN3O4/c1-9-19-16(25-20-9)13-7-11(23-2)8-21(13)17(22)14-6-10-4-3-5-12(18)15(10)24-14/h3-5,11,13-14H,6-8H2,1-2H3/t11-,13+,14-/m0/s1. The highest BCUT2D eigenvalue weighted by Crippen LogP contribution is 2.36. The Morgan fingerprint density at radius 3 is 2.96 bits per heavy atom. The number of amides is 1. The number of halogens is 1. The Bertz CT molecular complexity index is 809. The van der Waals surface area contributed by atoms with Gasteiger partial charge >= 0.3 is 0 Å². The van der Waals surface area contributed by atoms with Crippen LogP contribution in [0.5, 0.6) is 5.75 Å². The molecule has 0 N–H and O–H groups in total. The van der Waals surface area contributed by atoms with E-state index >= 15 is 0 Å². The molecule has 0 spiro atoms. The van der Waals surface area contributed by atoms with Crippen molar-refractivity contribution in [3.63, 3.8) is 0 Å². The fourth-order valence-electron chi connectivity index (χ4n) is 3.45. The first-order chi connectivity index (χ1) is 12.1. The first kappa shape index (κ1) is 16.0. The summed E-state index contributed by atoms with van der Waals surface area (Å²) in [7, 11) is 1.60. The lowest BCUT2D eigenvalue weighted by Gasteiger charge is -2.24. The van der Waals surface area contributed by atoms with Gasteiger partial charge in [-0.25, -0.2) is 4.39 Å². The second-order valence-corrected chi connectivity index (χ2v) is 6.32. The van der Waals surface area contributed by atoms with Crippen molar-refractivity contribution < 1.29 is 23.2 Å². The maximum absolute atomic E-state index is 13.9. The Labute approximate surface area is 143 Å². The fourth-order valence-corrected chi connectivity index (χ4v) is 3.45. The van der Waals surface area contributed by atoms with Crippen molar-refractivity contribution in [3.8, 4) is 5.75 Å². The van der Waals surface area contributed by atoms with Gasteiger partial charge in [0.25, 0.3) is 5.91 Å². The number of methoxy groups -OCH3 is 1. The van der Waals surface area contributed by atoms with Crippen molar-refractivity contribution in [2.24, 2.45) is 0 Å². The third-order valence-electron chi connectivity index (χ3n) is 4.70. The third-order valence-corrected chi connectivity index (χ3v) is 4.70. The molecule has 2 aliphatic rings.